The second-order valence-electron chi connectivity index (χ2n) is 5.08. The molecule has 98 valence electrons. The molecular formula is C12H22N2O3. The quantitative estimate of drug-likeness (QED) is 0.706. The van der Waals surface area contributed by atoms with Gasteiger partial charge < -0.3 is 14.9 Å². The zero-order valence-corrected chi connectivity index (χ0v) is 10.8. The van der Waals surface area contributed by atoms with Crippen molar-refractivity contribution in [1.29, 1.82) is 0 Å². The number of amides is 1. The van der Waals surface area contributed by atoms with Crippen LogP contribution < -0.4 is 0 Å². The van der Waals surface area contributed by atoms with Crippen molar-refractivity contribution in [3.05, 3.63) is 0 Å². The summed E-state index contributed by atoms with van der Waals surface area (Å²) < 4.78 is 0. The van der Waals surface area contributed by atoms with Gasteiger partial charge in [-0.25, -0.2) is 0 Å². The Morgan fingerprint density at radius 3 is 2.29 bits per heavy atom. The average Bonchev–Trinajstić information content (AvgIpc) is 3.05. The number of rotatable bonds is 7. The highest BCUT2D eigenvalue weighted by molar-refractivity contribution is 5.83. The standard InChI is InChI=1S/C12H22N2O3/c1-9(10-4-5-10)12(17)14(8-11(15)16)7-6-13(2)3/h9-10H,4-8H2,1-3H3,(H,15,16). The van der Waals surface area contributed by atoms with Crippen LogP contribution in [0.1, 0.15) is 19.8 Å². The summed E-state index contributed by atoms with van der Waals surface area (Å²) in [4.78, 5) is 26.3. The second kappa shape index (κ2) is 6.00. The number of nitrogens with zero attached hydrogens (tertiary/aromatic N) is 2. The Balaban J connectivity index is 2.53. The molecule has 0 radical (unpaired) electrons. The van der Waals surface area contributed by atoms with E-state index in [4.69, 9.17) is 5.11 Å². The number of carbonyl (C=O) groups excluding carboxylic acids is 1. The number of hydrogen-bond acceptors (Lipinski definition) is 3. The lowest BCUT2D eigenvalue weighted by Crippen LogP contribution is -2.42. The van der Waals surface area contributed by atoms with Crippen LogP contribution >= 0.6 is 0 Å². The molecule has 1 amide bonds. The van der Waals surface area contributed by atoms with Crippen molar-refractivity contribution in [3.63, 3.8) is 0 Å². The Morgan fingerprint density at radius 1 is 1.29 bits per heavy atom. The van der Waals surface area contributed by atoms with Crippen LogP contribution in [-0.4, -0.2) is 60.5 Å². The molecule has 0 aromatic heterocycles. The Bertz CT molecular complexity index is 287. The van der Waals surface area contributed by atoms with Gasteiger partial charge in [0.1, 0.15) is 6.54 Å². The number of likely N-dealkylation sites (N-methyl/N-ethyl adjacent to an activating group) is 1. The van der Waals surface area contributed by atoms with Crippen molar-refractivity contribution >= 4 is 11.9 Å². The van der Waals surface area contributed by atoms with Crippen LogP contribution in [0, 0.1) is 11.8 Å². The first-order valence-electron chi connectivity index (χ1n) is 6.07. The van der Waals surface area contributed by atoms with E-state index < -0.39 is 5.97 Å². The Labute approximate surface area is 102 Å². The fourth-order valence-electron chi connectivity index (χ4n) is 1.84. The van der Waals surface area contributed by atoms with E-state index in [-0.39, 0.29) is 18.4 Å². The molecule has 0 saturated heterocycles. The van der Waals surface area contributed by atoms with Crippen LogP contribution in [0.25, 0.3) is 0 Å². The molecule has 0 bridgehead atoms. The van der Waals surface area contributed by atoms with Gasteiger partial charge >= 0.3 is 5.97 Å². The van der Waals surface area contributed by atoms with Gasteiger partial charge in [0.25, 0.3) is 0 Å². The fourth-order valence-corrected chi connectivity index (χ4v) is 1.84. The van der Waals surface area contributed by atoms with Crippen LogP contribution in [-0.2, 0) is 9.59 Å². The van der Waals surface area contributed by atoms with Gasteiger partial charge in [-0.15, -0.1) is 0 Å². The third-order valence-corrected chi connectivity index (χ3v) is 3.17. The number of carbonyl (C=O) groups is 2. The Kier molecular flexibility index (Phi) is 4.93. The lowest BCUT2D eigenvalue weighted by molar-refractivity contribution is -0.146. The maximum atomic E-state index is 12.1. The maximum absolute atomic E-state index is 12.1. The van der Waals surface area contributed by atoms with E-state index in [0.717, 1.165) is 12.8 Å². The van der Waals surface area contributed by atoms with E-state index in [1.54, 1.807) is 0 Å². The van der Waals surface area contributed by atoms with Crippen molar-refractivity contribution in [1.82, 2.24) is 9.80 Å². The molecule has 1 aliphatic carbocycles. The number of carboxylic acid groups (broad SMARTS) is 1. The first-order chi connectivity index (χ1) is 7.91. The molecule has 0 aromatic carbocycles. The van der Waals surface area contributed by atoms with Gasteiger partial charge in [0, 0.05) is 19.0 Å². The minimum Gasteiger partial charge on any atom is -0.480 e. The number of hydrogen-bond donors (Lipinski definition) is 1. The van der Waals surface area contributed by atoms with Crippen molar-refractivity contribution in [3.8, 4) is 0 Å². The van der Waals surface area contributed by atoms with Crippen LogP contribution in [0.4, 0.5) is 0 Å². The normalized spacial score (nSPS) is 16.9. The van der Waals surface area contributed by atoms with Crippen LogP contribution in [0.3, 0.4) is 0 Å². The largest absolute Gasteiger partial charge is 0.480 e. The van der Waals surface area contributed by atoms with Crippen molar-refractivity contribution in [2.24, 2.45) is 11.8 Å². The van der Waals surface area contributed by atoms with Crippen LogP contribution in [0.2, 0.25) is 0 Å². The van der Waals surface area contributed by atoms with Gasteiger partial charge in [-0.05, 0) is 32.9 Å². The van der Waals surface area contributed by atoms with Gasteiger partial charge in [-0.2, -0.15) is 0 Å². The molecule has 0 aliphatic heterocycles. The Hall–Kier alpha value is -1.10. The summed E-state index contributed by atoms with van der Waals surface area (Å²) in [6, 6.07) is 0. The molecule has 1 fully saturated rings. The van der Waals surface area contributed by atoms with Gasteiger partial charge in [0.05, 0.1) is 0 Å². The third-order valence-electron chi connectivity index (χ3n) is 3.17. The predicted molar refractivity (Wildman–Crippen MR) is 64.7 cm³/mol. The maximum Gasteiger partial charge on any atom is 0.323 e. The summed E-state index contributed by atoms with van der Waals surface area (Å²) >= 11 is 0. The highest BCUT2D eigenvalue weighted by Crippen LogP contribution is 2.37. The van der Waals surface area contributed by atoms with Crippen molar-refractivity contribution in [2.75, 3.05) is 33.7 Å². The topological polar surface area (TPSA) is 60.9 Å². The molecule has 1 unspecified atom stereocenters. The first-order valence-corrected chi connectivity index (χ1v) is 6.07. The minimum absolute atomic E-state index is 0.0169. The Morgan fingerprint density at radius 2 is 1.88 bits per heavy atom. The van der Waals surface area contributed by atoms with Crippen LogP contribution in [0.5, 0.6) is 0 Å². The van der Waals surface area contributed by atoms with Gasteiger partial charge in [0.2, 0.25) is 5.91 Å². The second-order valence-corrected chi connectivity index (χ2v) is 5.08. The third kappa shape index (κ3) is 4.73. The smallest absolute Gasteiger partial charge is 0.323 e. The van der Waals surface area contributed by atoms with Crippen LogP contribution in [0.15, 0.2) is 0 Å². The fraction of sp³-hybridized carbons (Fsp3) is 0.833. The molecule has 17 heavy (non-hydrogen) atoms. The summed E-state index contributed by atoms with van der Waals surface area (Å²) in [6.45, 7) is 2.89. The van der Waals surface area contributed by atoms with E-state index in [0.29, 0.717) is 19.0 Å². The lowest BCUT2D eigenvalue weighted by Gasteiger charge is -2.25. The lowest BCUT2D eigenvalue weighted by atomic mass is 10.0. The summed E-state index contributed by atoms with van der Waals surface area (Å²) in [6.07, 6.45) is 2.20. The first kappa shape index (κ1) is 14.0. The zero-order chi connectivity index (χ0) is 13.0. The number of carboxylic acids is 1. The molecule has 1 rings (SSSR count). The SMILES string of the molecule is CC(C(=O)N(CCN(C)C)CC(=O)O)C1CC1. The summed E-state index contributed by atoms with van der Waals surface area (Å²) in [5.74, 6) is -0.522. The molecule has 0 spiro atoms. The van der Waals surface area contributed by atoms with Gasteiger partial charge in [0.15, 0.2) is 0 Å². The monoisotopic (exact) mass is 242 g/mol. The molecule has 1 N–H and O–H groups in total. The average molecular weight is 242 g/mol. The van der Waals surface area contributed by atoms with E-state index >= 15 is 0 Å². The highest BCUT2D eigenvalue weighted by atomic mass is 16.4. The van der Waals surface area contributed by atoms with E-state index in [9.17, 15) is 9.59 Å². The molecule has 1 atom stereocenters. The highest BCUT2D eigenvalue weighted by Gasteiger charge is 2.35. The summed E-state index contributed by atoms with van der Waals surface area (Å²) in [5, 5.41) is 8.83. The minimum atomic E-state index is -0.944. The van der Waals surface area contributed by atoms with E-state index in [1.807, 2.05) is 25.9 Å². The summed E-state index contributed by atoms with van der Waals surface area (Å²) in [5.41, 5.74) is 0. The van der Waals surface area contributed by atoms with E-state index in [2.05, 4.69) is 0 Å². The van der Waals surface area contributed by atoms with Gasteiger partial charge in [-0.3, -0.25) is 9.59 Å². The molecular weight excluding hydrogens is 220 g/mol. The zero-order valence-electron chi connectivity index (χ0n) is 10.8. The summed E-state index contributed by atoms with van der Waals surface area (Å²) in [7, 11) is 3.82. The molecule has 1 saturated carbocycles. The molecule has 0 heterocycles. The van der Waals surface area contributed by atoms with Gasteiger partial charge in [-0.1, -0.05) is 6.92 Å². The molecule has 5 heteroatoms. The molecule has 1 aliphatic rings. The van der Waals surface area contributed by atoms with Crippen molar-refractivity contribution < 1.29 is 14.7 Å². The predicted octanol–water partition coefficient (Wildman–Crippen LogP) is 0.507. The van der Waals surface area contributed by atoms with Crippen molar-refractivity contribution in [2.45, 2.75) is 19.8 Å². The molecule has 0 aromatic rings. The molecule has 5 nitrogen and oxygen atoms in total. The number of aliphatic carboxylic acids is 1. The van der Waals surface area contributed by atoms with E-state index in [1.165, 1.54) is 4.90 Å².